The fourth-order valence-electron chi connectivity index (χ4n) is 2.84. The molecule has 2 aromatic rings. The van der Waals surface area contributed by atoms with Crippen molar-refractivity contribution in [1.82, 2.24) is 20.0 Å². The fourth-order valence-corrected chi connectivity index (χ4v) is 2.84. The Kier molecular flexibility index (Phi) is 7.66. The number of carbonyl (C=O) groups is 1. The number of halogens is 3. The lowest BCUT2D eigenvalue weighted by Crippen LogP contribution is -2.50. The first-order valence-electron chi connectivity index (χ1n) is 7.42. The van der Waals surface area contributed by atoms with Crippen LogP contribution in [0.3, 0.4) is 0 Å². The second-order valence-electron chi connectivity index (χ2n) is 5.47. The normalized spacial score (nSPS) is 18.2. The van der Waals surface area contributed by atoms with Crippen molar-refractivity contribution in [3.63, 3.8) is 0 Å². The number of aromatic nitrogens is 2. The Labute approximate surface area is 153 Å². The highest BCUT2D eigenvalue weighted by atomic mass is 35.5. The van der Waals surface area contributed by atoms with Gasteiger partial charge in [-0.25, -0.2) is 4.39 Å². The highest BCUT2D eigenvalue weighted by Gasteiger charge is 2.31. The zero-order valence-corrected chi connectivity index (χ0v) is 14.9. The van der Waals surface area contributed by atoms with Crippen molar-refractivity contribution in [1.29, 1.82) is 0 Å². The molecule has 0 spiro atoms. The summed E-state index contributed by atoms with van der Waals surface area (Å²) >= 11 is 0. The summed E-state index contributed by atoms with van der Waals surface area (Å²) in [6.45, 7) is 3.80. The van der Waals surface area contributed by atoms with Gasteiger partial charge in [-0.15, -0.1) is 24.8 Å². The average Bonchev–Trinajstić information content (AvgIpc) is 3.08. The van der Waals surface area contributed by atoms with E-state index in [4.69, 9.17) is 0 Å². The number of benzene rings is 1. The minimum atomic E-state index is -0.371. The van der Waals surface area contributed by atoms with Crippen LogP contribution in [0.25, 0.3) is 0 Å². The third-order valence-electron chi connectivity index (χ3n) is 4.04. The first kappa shape index (κ1) is 20.4. The maximum atomic E-state index is 13.5. The molecule has 0 bridgehead atoms. The smallest absolute Gasteiger partial charge is 0.247 e. The predicted molar refractivity (Wildman–Crippen MR) is 95.2 cm³/mol. The Morgan fingerprint density at radius 1 is 1.38 bits per heavy atom. The Balaban J connectivity index is 0.00000144. The van der Waals surface area contributed by atoms with Crippen LogP contribution in [0.5, 0.6) is 0 Å². The fraction of sp³-hybridized carbons (Fsp3) is 0.375. The van der Waals surface area contributed by atoms with E-state index in [1.165, 1.54) is 12.1 Å². The topological polar surface area (TPSA) is 50.2 Å². The summed E-state index contributed by atoms with van der Waals surface area (Å²) in [4.78, 5) is 14.6. The molecule has 0 aliphatic carbocycles. The van der Waals surface area contributed by atoms with E-state index < -0.39 is 0 Å². The van der Waals surface area contributed by atoms with Crippen molar-refractivity contribution in [2.75, 3.05) is 19.6 Å². The molecule has 2 unspecified atom stereocenters. The van der Waals surface area contributed by atoms with Gasteiger partial charge in [0.05, 0.1) is 6.04 Å². The maximum absolute atomic E-state index is 13.5. The zero-order valence-electron chi connectivity index (χ0n) is 13.3. The third-order valence-corrected chi connectivity index (χ3v) is 4.04. The summed E-state index contributed by atoms with van der Waals surface area (Å²) in [7, 11) is 0. The highest BCUT2D eigenvalue weighted by molar-refractivity contribution is 5.85. The minimum absolute atomic E-state index is 0. The lowest BCUT2D eigenvalue weighted by Gasteiger charge is -2.38. The number of hydrogen-bond acceptors (Lipinski definition) is 3. The number of carbonyl (C=O) groups excluding carboxylic acids is 1. The molecule has 0 radical (unpaired) electrons. The molecule has 1 aromatic heterocycles. The minimum Gasteiger partial charge on any atom is -0.331 e. The van der Waals surface area contributed by atoms with Gasteiger partial charge in [0.1, 0.15) is 11.9 Å². The van der Waals surface area contributed by atoms with Crippen LogP contribution in [0.4, 0.5) is 4.39 Å². The summed E-state index contributed by atoms with van der Waals surface area (Å²) in [5.74, 6) is -0.282. The van der Waals surface area contributed by atoms with Crippen molar-refractivity contribution in [3.8, 4) is 0 Å². The molecule has 1 amide bonds. The first-order chi connectivity index (χ1) is 10.7. The van der Waals surface area contributed by atoms with E-state index in [1.54, 1.807) is 29.2 Å². The summed E-state index contributed by atoms with van der Waals surface area (Å²) in [5, 5.41) is 7.41. The molecule has 5 nitrogen and oxygen atoms in total. The van der Waals surface area contributed by atoms with Crippen molar-refractivity contribution >= 4 is 30.7 Å². The molecule has 1 aliphatic rings. The molecule has 1 aliphatic heterocycles. The quantitative estimate of drug-likeness (QED) is 0.897. The molecular weight excluding hydrogens is 354 g/mol. The Hall–Kier alpha value is -1.63. The standard InChI is InChI=1S/C16H19FN4O.2ClH/c1-12(21-8-3-6-19-21)16(22)20-9-7-18-11-15(20)13-4-2-5-14(17)10-13;;/h2-6,8,10,12,15,18H,7,9,11H2,1H3;2*1H. The van der Waals surface area contributed by atoms with Crippen LogP contribution in [-0.4, -0.2) is 40.2 Å². The maximum Gasteiger partial charge on any atom is 0.247 e. The van der Waals surface area contributed by atoms with Crippen LogP contribution in [0, 0.1) is 5.82 Å². The largest absolute Gasteiger partial charge is 0.331 e. The van der Waals surface area contributed by atoms with Gasteiger partial charge in [0, 0.05) is 32.0 Å². The van der Waals surface area contributed by atoms with Gasteiger partial charge >= 0.3 is 0 Å². The molecule has 1 N–H and O–H groups in total. The second kappa shape index (κ2) is 9.01. The van der Waals surface area contributed by atoms with Gasteiger partial charge in [-0.2, -0.15) is 5.10 Å². The van der Waals surface area contributed by atoms with Gasteiger partial charge < -0.3 is 10.2 Å². The van der Waals surface area contributed by atoms with Crippen LogP contribution in [0.15, 0.2) is 42.7 Å². The van der Waals surface area contributed by atoms with Crippen molar-refractivity contribution in [3.05, 3.63) is 54.1 Å². The van der Waals surface area contributed by atoms with Crippen molar-refractivity contribution < 1.29 is 9.18 Å². The van der Waals surface area contributed by atoms with Crippen LogP contribution >= 0.6 is 24.8 Å². The second-order valence-corrected chi connectivity index (χ2v) is 5.47. The molecule has 1 fully saturated rings. The Morgan fingerprint density at radius 3 is 2.83 bits per heavy atom. The molecule has 2 atom stereocenters. The van der Waals surface area contributed by atoms with Gasteiger partial charge in [-0.05, 0) is 30.7 Å². The van der Waals surface area contributed by atoms with Crippen LogP contribution in [-0.2, 0) is 4.79 Å². The van der Waals surface area contributed by atoms with E-state index in [2.05, 4.69) is 10.4 Å². The molecule has 1 saturated heterocycles. The predicted octanol–water partition coefficient (Wildman–Crippen LogP) is 2.60. The van der Waals surface area contributed by atoms with E-state index in [0.29, 0.717) is 13.1 Å². The molecule has 8 heteroatoms. The number of amides is 1. The van der Waals surface area contributed by atoms with Gasteiger partial charge in [0.2, 0.25) is 5.91 Å². The Bertz CT molecular complexity index is 653. The van der Waals surface area contributed by atoms with E-state index in [1.807, 2.05) is 17.9 Å². The lowest BCUT2D eigenvalue weighted by molar-refractivity contribution is -0.138. The van der Waals surface area contributed by atoms with E-state index in [-0.39, 0.29) is 48.6 Å². The average molecular weight is 375 g/mol. The number of rotatable bonds is 3. The van der Waals surface area contributed by atoms with E-state index in [9.17, 15) is 9.18 Å². The summed E-state index contributed by atoms with van der Waals surface area (Å²) in [6, 6.07) is 7.72. The number of piperazine rings is 1. The molecule has 2 heterocycles. The Morgan fingerprint density at radius 2 is 2.17 bits per heavy atom. The van der Waals surface area contributed by atoms with Crippen LogP contribution < -0.4 is 5.32 Å². The summed E-state index contributed by atoms with van der Waals surface area (Å²) in [6.07, 6.45) is 3.44. The highest BCUT2D eigenvalue weighted by Crippen LogP contribution is 2.25. The molecule has 0 saturated carbocycles. The van der Waals surface area contributed by atoms with Crippen LogP contribution in [0.2, 0.25) is 0 Å². The molecular formula is C16H21Cl2FN4O. The van der Waals surface area contributed by atoms with E-state index >= 15 is 0 Å². The van der Waals surface area contributed by atoms with Gasteiger partial charge in [0.25, 0.3) is 0 Å². The monoisotopic (exact) mass is 374 g/mol. The van der Waals surface area contributed by atoms with Crippen molar-refractivity contribution in [2.45, 2.75) is 19.0 Å². The zero-order chi connectivity index (χ0) is 15.5. The van der Waals surface area contributed by atoms with Gasteiger partial charge in [-0.3, -0.25) is 9.48 Å². The lowest BCUT2D eigenvalue weighted by atomic mass is 10.0. The molecule has 1 aromatic carbocycles. The van der Waals surface area contributed by atoms with Crippen molar-refractivity contribution in [2.24, 2.45) is 0 Å². The summed E-state index contributed by atoms with van der Waals surface area (Å²) in [5.41, 5.74) is 0.813. The first-order valence-corrected chi connectivity index (χ1v) is 7.42. The number of hydrogen-bond donors (Lipinski definition) is 1. The SMILES string of the molecule is CC(C(=O)N1CCNCC1c1cccc(F)c1)n1cccn1.Cl.Cl. The molecule has 3 rings (SSSR count). The molecule has 132 valence electrons. The number of nitrogens with zero attached hydrogens (tertiary/aromatic N) is 3. The third kappa shape index (κ3) is 4.26. The van der Waals surface area contributed by atoms with Gasteiger partial charge in [-0.1, -0.05) is 12.1 Å². The van der Waals surface area contributed by atoms with Crippen LogP contribution in [0.1, 0.15) is 24.6 Å². The number of nitrogens with one attached hydrogen (secondary N) is 1. The van der Waals surface area contributed by atoms with Gasteiger partial charge in [0.15, 0.2) is 0 Å². The molecule has 24 heavy (non-hydrogen) atoms. The summed E-state index contributed by atoms with van der Waals surface area (Å²) < 4.78 is 15.1. The van der Waals surface area contributed by atoms with E-state index in [0.717, 1.165) is 12.1 Å².